The third-order valence-corrected chi connectivity index (χ3v) is 3.73. The van der Waals surface area contributed by atoms with Crippen LogP contribution in [0.5, 0.6) is 0 Å². The number of anilines is 1. The lowest BCUT2D eigenvalue weighted by molar-refractivity contribution is 0.857. The minimum atomic E-state index is 0.623. The Kier molecular flexibility index (Phi) is 4.34. The van der Waals surface area contributed by atoms with Gasteiger partial charge in [-0.25, -0.2) is 4.52 Å². The van der Waals surface area contributed by atoms with Crippen molar-refractivity contribution in [1.29, 1.82) is 0 Å². The fourth-order valence-corrected chi connectivity index (χ4v) is 2.51. The van der Waals surface area contributed by atoms with Crippen LogP contribution in [-0.4, -0.2) is 44.9 Å². The Labute approximate surface area is 129 Å². The first kappa shape index (κ1) is 14.5. The maximum atomic E-state index is 4.37. The SMILES string of the molecule is C1CCNC1.CNc1nc2ccc(-c3cn[nH]c3)c(C)n2n1. The van der Waals surface area contributed by atoms with Crippen LogP contribution in [0.1, 0.15) is 18.5 Å². The summed E-state index contributed by atoms with van der Waals surface area (Å²) in [4.78, 5) is 4.33. The minimum Gasteiger partial charge on any atom is -0.356 e. The second-order valence-electron chi connectivity index (χ2n) is 5.23. The third kappa shape index (κ3) is 2.94. The molecule has 0 spiro atoms. The second-order valence-corrected chi connectivity index (χ2v) is 5.23. The zero-order valence-electron chi connectivity index (χ0n) is 12.9. The second kappa shape index (κ2) is 6.57. The fraction of sp³-hybridized carbons (Fsp3) is 0.400. The molecule has 1 saturated heterocycles. The first-order valence-corrected chi connectivity index (χ1v) is 7.53. The molecule has 7 heteroatoms. The van der Waals surface area contributed by atoms with E-state index < -0.39 is 0 Å². The molecule has 3 aromatic heterocycles. The Bertz CT molecular complexity index is 718. The molecular formula is C15H21N7. The Balaban J connectivity index is 0.000000246. The quantitative estimate of drug-likeness (QED) is 0.672. The summed E-state index contributed by atoms with van der Waals surface area (Å²) in [6, 6.07) is 3.98. The lowest BCUT2D eigenvalue weighted by atomic mass is 10.1. The van der Waals surface area contributed by atoms with Crippen molar-refractivity contribution < 1.29 is 0 Å². The van der Waals surface area contributed by atoms with Gasteiger partial charge < -0.3 is 10.6 Å². The van der Waals surface area contributed by atoms with E-state index in [0.29, 0.717) is 5.95 Å². The van der Waals surface area contributed by atoms with Crippen molar-refractivity contribution in [2.45, 2.75) is 19.8 Å². The molecule has 3 N–H and O–H groups in total. The van der Waals surface area contributed by atoms with Crippen LogP contribution in [0.4, 0.5) is 5.95 Å². The van der Waals surface area contributed by atoms with Crippen LogP contribution in [0.3, 0.4) is 0 Å². The number of pyridine rings is 1. The Morgan fingerprint density at radius 3 is 2.64 bits per heavy atom. The van der Waals surface area contributed by atoms with Crippen LogP contribution in [0.15, 0.2) is 24.5 Å². The predicted octanol–water partition coefficient (Wildman–Crippen LogP) is 1.84. The van der Waals surface area contributed by atoms with E-state index in [4.69, 9.17) is 0 Å². The fourth-order valence-electron chi connectivity index (χ4n) is 2.51. The van der Waals surface area contributed by atoms with Crippen molar-refractivity contribution in [3.63, 3.8) is 0 Å². The number of fused-ring (bicyclic) bond motifs is 1. The zero-order valence-corrected chi connectivity index (χ0v) is 12.9. The van der Waals surface area contributed by atoms with Gasteiger partial charge in [0.15, 0.2) is 5.65 Å². The molecule has 116 valence electrons. The summed E-state index contributed by atoms with van der Waals surface area (Å²) in [5.41, 5.74) is 4.02. The van der Waals surface area contributed by atoms with E-state index in [1.165, 1.54) is 25.9 Å². The smallest absolute Gasteiger partial charge is 0.242 e. The van der Waals surface area contributed by atoms with Gasteiger partial charge in [-0.15, -0.1) is 5.10 Å². The van der Waals surface area contributed by atoms with Crippen LogP contribution in [0.2, 0.25) is 0 Å². The molecule has 0 amide bonds. The molecule has 0 atom stereocenters. The minimum absolute atomic E-state index is 0.623. The van der Waals surface area contributed by atoms with Crippen LogP contribution in [-0.2, 0) is 0 Å². The summed E-state index contributed by atoms with van der Waals surface area (Å²) in [6.45, 7) is 4.52. The van der Waals surface area contributed by atoms with E-state index in [0.717, 1.165) is 22.5 Å². The molecule has 1 aliphatic rings. The number of rotatable bonds is 2. The molecule has 4 heterocycles. The van der Waals surface area contributed by atoms with Gasteiger partial charge in [-0.2, -0.15) is 10.1 Å². The van der Waals surface area contributed by atoms with Crippen molar-refractivity contribution in [1.82, 2.24) is 30.1 Å². The number of hydrogen-bond donors (Lipinski definition) is 3. The number of aryl methyl sites for hydroxylation is 1. The Morgan fingerprint density at radius 2 is 2.05 bits per heavy atom. The highest BCUT2D eigenvalue weighted by Gasteiger charge is 2.09. The van der Waals surface area contributed by atoms with E-state index in [1.54, 1.807) is 13.2 Å². The summed E-state index contributed by atoms with van der Waals surface area (Å²) < 4.78 is 1.83. The molecule has 7 nitrogen and oxygen atoms in total. The highest BCUT2D eigenvalue weighted by molar-refractivity contribution is 5.66. The van der Waals surface area contributed by atoms with E-state index in [2.05, 4.69) is 30.9 Å². The lowest BCUT2D eigenvalue weighted by Gasteiger charge is -2.04. The predicted molar refractivity (Wildman–Crippen MR) is 87.0 cm³/mol. The third-order valence-electron chi connectivity index (χ3n) is 3.73. The van der Waals surface area contributed by atoms with Gasteiger partial charge in [0.1, 0.15) is 0 Å². The maximum absolute atomic E-state index is 4.37. The highest BCUT2D eigenvalue weighted by Crippen LogP contribution is 2.23. The average Bonchev–Trinajstić information content (AvgIpc) is 3.29. The van der Waals surface area contributed by atoms with Crippen molar-refractivity contribution in [3.05, 3.63) is 30.2 Å². The maximum Gasteiger partial charge on any atom is 0.242 e. The number of aromatic amines is 1. The summed E-state index contributed by atoms with van der Waals surface area (Å²) in [5, 5.41) is 17.3. The van der Waals surface area contributed by atoms with Crippen LogP contribution in [0, 0.1) is 6.92 Å². The van der Waals surface area contributed by atoms with Crippen molar-refractivity contribution in [3.8, 4) is 11.1 Å². The van der Waals surface area contributed by atoms with Gasteiger partial charge in [0.25, 0.3) is 0 Å². The van der Waals surface area contributed by atoms with Gasteiger partial charge >= 0.3 is 0 Å². The molecule has 0 saturated carbocycles. The van der Waals surface area contributed by atoms with Gasteiger partial charge in [-0.1, -0.05) is 0 Å². The number of nitrogens with one attached hydrogen (secondary N) is 3. The average molecular weight is 299 g/mol. The standard InChI is InChI=1S/C11H12N6.C4H9N/c1-7-9(8-5-13-14-6-8)3-4-10-15-11(12-2)16-17(7)10;1-2-4-5-3-1/h3-6H,1-2H3,(H,12,16)(H,13,14);5H,1-4H2. The van der Waals surface area contributed by atoms with Crippen molar-refractivity contribution in [2.24, 2.45) is 0 Å². The highest BCUT2D eigenvalue weighted by atomic mass is 15.3. The van der Waals surface area contributed by atoms with Crippen LogP contribution >= 0.6 is 0 Å². The number of aromatic nitrogens is 5. The zero-order chi connectivity index (χ0) is 15.4. The molecule has 22 heavy (non-hydrogen) atoms. The molecular weight excluding hydrogens is 278 g/mol. The molecule has 0 unspecified atom stereocenters. The van der Waals surface area contributed by atoms with E-state index in [1.807, 2.05) is 29.8 Å². The lowest BCUT2D eigenvalue weighted by Crippen LogP contribution is -2.03. The molecule has 0 bridgehead atoms. The van der Waals surface area contributed by atoms with E-state index in [9.17, 15) is 0 Å². The van der Waals surface area contributed by atoms with Gasteiger partial charge in [0.05, 0.1) is 6.20 Å². The topological polar surface area (TPSA) is 82.9 Å². The van der Waals surface area contributed by atoms with Gasteiger partial charge in [0, 0.05) is 30.1 Å². The summed E-state index contributed by atoms with van der Waals surface area (Å²) in [7, 11) is 1.81. The number of hydrogen-bond acceptors (Lipinski definition) is 5. The summed E-state index contributed by atoms with van der Waals surface area (Å²) in [6.07, 6.45) is 6.44. The molecule has 0 radical (unpaired) electrons. The molecule has 1 aliphatic heterocycles. The number of H-pyrrole nitrogens is 1. The van der Waals surface area contributed by atoms with E-state index >= 15 is 0 Å². The van der Waals surface area contributed by atoms with E-state index in [-0.39, 0.29) is 0 Å². The Hall–Kier alpha value is -2.41. The molecule has 4 rings (SSSR count). The monoisotopic (exact) mass is 299 g/mol. The first-order valence-electron chi connectivity index (χ1n) is 7.53. The summed E-state index contributed by atoms with van der Waals surface area (Å²) in [5.74, 6) is 0.623. The largest absolute Gasteiger partial charge is 0.356 e. The van der Waals surface area contributed by atoms with Gasteiger partial charge in [-0.3, -0.25) is 5.10 Å². The van der Waals surface area contributed by atoms with Crippen molar-refractivity contribution >= 4 is 11.6 Å². The normalized spacial score (nSPS) is 13.9. The van der Waals surface area contributed by atoms with Gasteiger partial charge in [-0.05, 0) is 45.0 Å². The molecule has 1 fully saturated rings. The first-order chi connectivity index (χ1) is 10.8. The summed E-state index contributed by atoms with van der Waals surface area (Å²) >= 11 is 0. The van der Waals surface area contributed by atoms with Gasteiger partial charge in [0.2, 0.25) is 5.95 Å². The number of nitrogens with zero attached hydrogens (tertiary/aromatic N) is 4. The Morgan fingerprint density at radius 1 is 1.23 bits per heavy atom. The van der Waals surface area contributed by atoms with Crippen molar-refractivity contribution in [2.75, 3.05) is 25.5 Å². The molecule has 0 aliphatic carbocycles. The van der Waals surface area contributed by atoms with Crippen LogP contribution in [0.25, 0.3) is 16.8 Å². The molecule has 0 aromatic carbocycles. The molecule has 3 aromatic rings. The van der Waals surface area contributed by atoms with Crippen LogP contribution < -0.4 is 10.6 Å².